The van der Waals surface area contributed by atoms with Gasteiger partial charge >= 0.3 is 0 Å². The van der Waals surface area contributed by atoms with Crippen LogP contribution in [0.25, 0.3) is 6.08 Å². The molecule has 2 aromatic rings. The lowest BCUT2D eigenvalue weighted by Gasteiger charge is -2.34. The Hall–Kier alpha value is -2.69. The predicted octanol–water partition coefficient (Wildman–Crippen LogP) is 2.08. The number of sulfonamides is 1. The van der Waals surface area contributed by atoms with Gasteiger partial charge in [-0.3, -0.25) is 0 Å². The molecule has 25 heavy (non-hydrogen) atoms. The number of benzene rings is 1. The van der Waals surface area contributed by atoms with Crippen LogP contribution < -0.4 is 4.90 Å². The van der Waals surface area contributed by atoms with Gasteiger partial charge in [0.2, 0.25) is 10.0 Å². The summed E-state index contributed by atoms with van der Waals surface area (Å²) in [6, 6.07) is 14.9. The van der Waals surface area contributed by atoms with Crippen LogP contribution in [0.15, 0.2) is 54.1 Å². The molecular formula is C18H18N4O2S. The summed E-state index contributed by atoms with van der Waals surface area (Å²) in [6.45, 7) is 2.01. The highest BCUT2D eigenvalue weighted by Gasteiger charge is 2.25. The summed E-state index contributed by atoms with van der Waals surface area (Å²) in [6.07, 6.45) is 3.27. The van der Waals surface area contributed by atoms with Crippen molar-refractivity contribution >= 4 is 21.8 Å². The number of rotatable bonds is 4. The van der Waals surface area contributed by atoms with Crippen molar-refractivity contribution in [1.29, 1.82) is 5.26 Å². The lowest BCUT2D eigenvalue weighted by Crippen LogP contribution is -2.48. The molecular weight excluding hydrogens is 336 g/mol. The predicted molar refractivity (Wildman–Crippen MR) is 97.1 cm³/mol. The van der Waals surface area contributed by atoms with Gasteiger partial charge in [-0.05, 0) is 23.8 Å². The first-order valence-corrected chi connectivity index (χ1v) is 9.43. The summed E-state index contributed by atoms with van der Waals surface area (Å²) >= 11 is 0. The number of hydrogen-bond acceptors (Lipinski definition) is 5. The zero-order valence-electron chi connectivity index (χ0n) is 13.6. The van der Waals surface area contributed by atoms with Crippen molar-refractivity contribution in [2.24, 2.45) is 0 Å². The number of nitriles is 1. The molecule has 1 fully saturated rings. The fraction of sp³-hybridized carbons (Fsp3) is 0.222. The second-order valence-electron chi connectivity index (χ2n) is 5.66. The lowest BCUT2D eigenvalue weighted by atomic mass is 10.2. The molecule has 1 aliphatic rings. The second kappa shape index (κ2) is 7.47. The molecule has 0 atom stereocenters. The molecule has 7 heteroatoms. The van der Waals surface area contributed by atoms with Gasteiger partial charge in [-0.2, -0.15) is 9.57 Å². The van der Waals surface area contributed by atoms with E-state index in [9.17, 15) is 8.42 Å². The molecule has 0 bridgehead atoms. The first-order valence-electron chi connectivity index (χ1n) is 7.93. The van der Waals surface area contributed by atoms with E-state index in [-0.39, 0.29) is 0 Å². The first-order chi connectivity index (χ1) is 12.1. The minimum atomic E-state index is -3.43. The Bertz CT molecular complexity index is 879. The maximum absolute atomic E-state index is 12.5. The molecule has 0 unspecified atom stereocenters. The molecule has 1 aromatic carbocycles. The molecule has 6 nitrogen and oxygen atoms in total. The van der Waals surface area contributed by atoms with Crippen molar-refractivity contribution in [3.8, 4) is 6.07 Å². The van der Waals surface area contributed by atoms with Gasteiger partial charge in [0.25, 0.3) is 0 Å². The summed E-state index contributed by atoms with van der Waals surface area (Å²) in [5.74, 6) is 0. The highest BCUT2D eigenvalue weighted by atomic mass is 32.2. The third-order valence-electron chi connectivity index (χ3n) is 4.06. The third-order valence-corrected chi connectivity index (χ3v) is 5.62. The summed E-state index contributed by atoms with van der Waals surface area (Å²) in [7, 11) is -3.43. The molecule has 0 N–H and O–H groups in total. The Balaban J connectivity index is 1.63. The Morgan fingerprint density at radius 3 is 2.36 bits per heavy atom. The van der Waals surface area contributed by atoms with Crippen LogP contribution in [0.3, 0.4) is 0 Å². The van der Waals surface area contributed by atoms with E-state index in [1.54, 1.807) is 18.3 Å². The zero-order valence-corrected chi connectivity index (χ0v) is 14.4. The smallest absolute Gasteiger partial charge is 0.236 e. The van der Waals surface area contributed by atoms with E-state index in [2.05, 4.69) is 9.88 Å². The van der Waals surface area contributed by atoms with E-state index >= 15 is 0 Å². The monoisotopic (exact) mass is 354 g/mol. The molecule has 0 saturated carbocycles. The van der Waals surface area contributed by atoms with E-state index in [4.69, 9.17) is 5.26 Å². The molecule has 0 radical (unpaired) electrons. The Kier molecular flexibility index (Phi) is 5.12. The molecule has 1 aliphatic heterocycles. The molecule has 2 heterocycles. The molecule has 0 spiro atoms. The highest BCUT2D eigenvalue weighted by molar-refractivity contribution is 7.92. The number of pyridine rings is 1. The molecule has 1 aromatic heterocycles. The van der Waals surface area contributed by atoms with Crippen LogP contribution in [-0.2, 0) is 10.0 Å². The maximum atomic E-state index is 12.5. The average Bonchev–Trinajstić information content (AvgIpc) is 2.67. The van der Waals surface area contributed by atoms with Crippen LogP contribution in [0.1, 0.15) is 11.3 Å². The van der Waals surface area contributed by atoms with Crippen molar-refractivity contribution in [2.45, 2.75) is 0 Å². The van der Waals surface area contributed by atoms with Gasteiger partial charge in [0.1, 0.15) is 11.8 Å². The van der Waals surface area contributed by atoms with Crippen LogP contribution in [0.5, 0.6) is 0 Å². The second-order valence-corrected chi connectivity index (χ2v) is 7.48. The number of hydrogen-bond donors (Lipinski definition) is 0. The normalized spacial score (nSPS) is 16.0. The highest BCUT2D eigenvalue weighted by Crippen LogP contribution is 2.18. The van der Waals surface area contributed by atoms with Gasteiger partial charge in [0.05, 0.1) is 11.9 Å². The minimum absolute atomic E-state index is 0.371. The molecule has 3 rings (SSSR count). The van der Waals surface area contributed by atoms with Crippen LogP contribution >= 0.6 is 0 Å². The van der Waals surface area contributed by atoms with Gasteiger partial charge in [-0.15, -0.1) is 0 Å². The van der Waals surface area contributed by atoms with Gasteiger partial charge < -0.3 is 4.90 Å². The van der Waals surface area contributed by atoms with Gasteiger partial charge in [-0.1, -0.05) is 30.3 Å². The van der Waals surface area contributed by atoms with E-state index in [1.165, 1.54) is 9.71 Å². The number of nitrogens with zero attached hydrogens (tertiary/aromatic N) is 4. The minimum Gasteiger partial charge on any atom is -0.368 e. The SMILES string of the molecule is N#Cc1ccc(N2CCN(S(=O)(=O)/C=C/c3ccccc3)CC2)cn1. The van der Waals surface area contributed by atoms with E-state index in [0.29, 0.717) is 31.9 Å². The van der Waals surface area contributed by atoms with Gasteiger partial charge in [0, 0.05) is 31.6 Å². The average molecular weight is 354 g/mol. The van der Waals surface area contributed by atoms with Crippen molar-refractivity contribution < 1.29 is 8.42 Å². The van der Waals surface area contributed by atoms with Crippen LogP contribution in [0, 0.1) is 11.3 Å². The summed E-state index contributed by atoms with van der Waals surface area (Å²) in [5.41, 5.74) is 2.13. The summed E-state index contributed by atoms with van der Waals surface area (Å²) < 4.78 is 26.4. The Labute approximate surface area is 147 Å². The van der Waals surface area contributed by atoms with E-state index in [1.807, 2.05) is 42.5 Å². The quantitative estimate of drug-likeness (QED) is 0.840. The van der Waals surface area contributed by atoms with Crippen LogP contribution in [0.4, 0.5) is 5.69 Å². The largest absolute Gasteiger partial charge is 0.368 e. The van der Waals surface area contributed by atoms with Crippen molar-refractivity contribution in [3.05, 3.63) is 65.3 Å². The topological polar surface area (TPSA) is 77.3 Å². The van der Waals surface area contributed by atoms with Crippen LogP contribution in [-0.4, -0.2) is 43.9 Å². The summed E-state index contributed by atoms with van der Waals surface area (Å²) in [4.78, 5) is 6.13. The van der Waals surface area contributed by atoms with Gasteiger partial charge in [0.15, 0.2) is 0 Å². The van der Waals surface area contributed by atoms with Crippen molar-refractivity contribution in [1.82, 2.24) is 9.29 Å². The number of anilines is 1. The molecule has 128 valence electrons. The molecule has 0 amide bonds. The first kappa shape index (κ1) is 17.1. The van der Waals surface area contributed by atoms with E-state index in [0.717, 1.165) is 11.3 Å². The molecule has 0 aliphatic carbocycles. The number of aromatic nitrogens is 1. The summed E-state index contributed by atoms with van der Waals surface area (Å²) in [5, 5.41) is 10.1. The fourth-order valence-corrected chi connectivity index (χ4v) is 3.83. The zero-order chi connectivity index (χ0) is 17.7. The third kappa shape index (κ3) is 4.24. The standard InChI is InChI=1S/C18H18N4O2S/c19-14-17-6-7-18(15-20-17)21-9-11-22(12-10-21)25(23,24)13-8-16-4-2-1-3-5-16/h1-8,13,15H,9-12H2/b13-8+. The van der Waals surface area contributed by atoms with Crippen molar-refractivity contribution in [3.63, 3.8) is 0 Å². The van der Waals surface area contributed by atoms with E-state index < -0.39 is 10.0 Å². The fourth-order valence-electron chi connectivity index (χ4n) is 2.65. The lowest BCUT2D eigenvalue weighted by molar-refractivity contribution is 0.390. The Morgan fingerprint density at radius 1 is 1.04 bits per heavy atom. The number of piperazine rings is 1. The van der Waals surface area contributed by atoms with Crippen LogP contribution in [0.2, 0.25) is 0 Å². The van der Waals surface area contributed by atoms with Crippen molar-refractivity contribution in [2.75, 3.05) is 31.1 Å². The maximum Gasteiger partial charge on any atom is 0.236 e. The Morgan fingerprint density at radius 2 is 1.76 bits per heavy atom. The molecule has 1 saturated heterocycles. The van der Waals surface area contributed by atoms with Gasteiger partial charge in [-0.25, -0.2) is 13.4 Å².